The van der Waals surface area contributed by atoms with Crippen LogP contribution in [0.2, 0.25) is 0 Å². The molecule has 0 unspecified atom stereocenters. The zero-order valence-corrected chi connectivity index (χ0v) is 14.4. The molecule has 1 amide bonds. The largest absolute Gasteiger partial charge is 0.467 e. The number of benzene rings is 1. The molecule has 0 bridgehead atoms. The Bertz CT molecular complexity index is 778. The van der Waals surface area contributed by atoms with Gasteiger partial charge in [-0.2, -0.15) is 0 Å². The summed E-state index contributed by atoms with van der Waals surface area (Å²) < 4.78 is 21.6. The van der Waals surface area contributed by atoms with Gasteiger partial charge in [-0.15, -0.1) is 0 Å². The van der Waals surface area contributed by atoms with E-state index in [2.05, 4.69) is 0 Å². The first-order valence-electron chi connectivity index (χ1n) is 8.78. The van der Waals surface area contributed by atoms with Crippen LogP contribution in [0.4, 0.5) is 0 Å². The first kappa shape index (κ1) is 16.7. The van der Waals surface area contributed by atoms with Crippen molar-refractivity contribution in [1.29, 1.82) is 0 Å². The lowest BCUT2D eigenvalue weighted by atomic mass is 10.1. The molecule has 0 saturated carbocycles. The van der Waals surface area contributed by atoms with Gasteiger partial charge in [0.1, 0.15) is 5.76 Å². The Labute approximate surface area is 151 Å². The topological polar surface area (TPSA) is 61.1 Å². The lowest BCUT2D eigenvalue weighted by Gasteiger charge is -2.33. The fraction of sp³-hybridized carbons (Fsp3) is 0.350. The van der Waals surface area contributed by atoms with Crippen molar-refractivity contribution in [2.75, 3.05) is 20.0 Å². The predicted molar refractivity (Wildman–Crippen MR) is 94.7 cm³/mol. The SMILES string of the molecule is O=C(C=Cc1ccc2c(c1)OCO2)N(Cc1ccco1)C1CCOCC1. The smallest absolute Gasteiger partial charge is 0.247 e. The monoisotopic (exact) mass is 355 g/mol. The van der Waals surface area contributed by atoms with Gasteiger partial charge >= 0.3 is 0 Å². The van der Waals surface area contributed by atoms with Crippen molar-refractivity contribution in [1.82, 2.24) is 4.90 Å². The van der Waals surface area contributed by atoms with Crippen LogP contribution >= 0.6 is 0 Å². The minimum absolute atomic E-state index is 0.0361. The lowest BCUT2D eigenvalue weighted by molar-refractivity contribution is -0.131. The van der Waals surface area contributed by atoms with Gasteiger partial charge in [0.15, 0.2) is 11.5 Å². The summed E-state index contributed by atoms with van der Waals surface area (Å²) in [7, 11) is 0. The van der Waals surface area contributed by atoms with E-state index in [0.717, 1.165) is 29.9 Å². The molecule has 3 heterocycles. The Hall–Kier alpha value is -2.73. The predicted octanol–water partition coefficient (Wildman–Crippen LogP) is 3.23. The number of fused-ring (bicyclic) bond motifs is 1. The maximum absolute atomic E-state index is 12.9. The van der Waals surface area contributed by atoms with Crippen molar-refractivity contribution in [2.45, 2.75) is 25.4 Å². The fourth-order valence-electron chi connectivity index (χ4n) is 3.23. The van der Waals surface area contributed by atoms with Crippen molar-refractivity contribution in [3.8, 4) is 11.5 Å². The van der Waals surface area contributed by atoms with Crippen LogP contribution in [0.15, 0.2) is 47.1 Å². The number of hydrogen-bond acceptors (Lipinski definition) is 5. The summed E-state index contributed by atoms with van der Waals surface area (Å²) in [5.41, 5.74) is 0.896. The number of hydrogen-bond donors (Lipinski definition) is 0. The van der Waals surface area contributed by atoms with Crippen molar-refractivity contribution in [2.24, 2.45) is 0 Å². The van der Waals surface area contributed by atoms with Crippen LogP contribution in [0.3, 0.4) is 0 Å². The molecule has 2 aliphatic rings. The maximum Gasteiger partial charge on any atom is 0.247 e. The molecule has 4 rings (SSSR count). The molecule has 1 aromatic heterocycles. The Morgan fingerprint density at radius 2 is 2.00 bits per heavy atom. The molecule has 0 spiro atoms. The number of carbonyl (C=O) groups is 1. The molecule has 0 radical (unpaired) electrons. The summed E-state index contributed by atoms with van der Waals surface area (Å²) in [6.45, 7) is 2.06. The van der Waals surface area contributed by atoms with E-state index in [1.165, 1.54) is 0 Å². The molecule has 6 nitrogen and oxygen atoms in total. The Balaban J connectivity index is 1.49. The standard InChI is InChI=1S/C20H21NO5/c22-20(6-4-15-3-5-18-19(12-15)26-14-25-18)21(13-17-2-1-9-24-17)16-7-10-23-11-8-16/h1-6,9,12,16H,7-8,10-11,13-14H2. The third-order valence-electron chi connectivity index (χ3n) is 4.64. The van der Waals surface area contributed by atoms with Gasteiger partial charge in [-0.3, -0.25) is 4.79 Å². The quantitative estimate of drug-likeness (QED) is 0.771. The zero-order chi connectivity index (χ0) is 17.8. The van der Waals surface area contributed by atoms with Crippen molar-refractivity contribution in [3.05, 3.63) is 54.0 Å². The molecule has 136 valence electrons. The molecular weight excluding hydrogens is 334 g/mol. The van der Waals surface area contributed by atoms with Crippen LogP contribution in [0.5, 0.6) is 11.5 Å². The van der Waals surface area contributed by atoms with Gasteiger partial charge < -0.3 is 23.5 Å². The highest BCUT2D eigenvalue weighted by Gasteiger charge is 2.25. The lowest BCUT2D eigenvalue weighted by Crippen LogP contribution is -2.42. The molecule has 0 N–H and O–H groups in total. The highest BCUT2D eigenvalue weighted by atomic mass is 16.7. The summed E-state index contributed by atoms with van der Waals surface area (Å²) in [4.78, 5) is 14.7. The van der Waals surface area contributed by atoms with Crippen LogP contribution in [-0.2, 0) is 16.1 Å². The average Bonchev–Trinajstić information content (AvgIpc) is 3.36. The average molecular weight is 355 g/mol. The fourth-order valence-corrected chi connectivity index (χ4v) is 3.23. The van der Waals surface area contributed by atoms with E-state index in [9.17, 15) is 4.79 Å². The van der Waals surface area contributed by atoms with Crippen LogP contribution in [0.1, 0.15) is 24.2 Å². The van der Waals surface area contributed by atoms with Gasteiger partial charge in [0, 0.05) is 25.3 Å². The van der Waals surface area contributed by atoms with E-state index in [4.69, 9.17) is 18.6 Å². The number of carbonyl (C=O) groups excluding carboxylic acids is 1. The normalized spacial score (nSPS) is 16.9. The van der Waals surface area contributed by atoms with E-state index in [1.54, 1.807) is 18.4 Å². The minimum atomic E-state index is -0.0361. The van der Waals surface area contributed by atoms with Crippen LogP contribution in [0.25, 0.3) is 6.08 Å². The number of amides is 1. The summed E-state index contributed by atoms with van der Waals surface area (Å²) in [5, 5.41) is 0. The van der Waals surface area contributed by atoms with E-state index < -0.39 is 0 Å². The van der Waals surface area contributed by atoms with E-state index in [-0.39, 0.29) is 18.7 Å². The van der Waals surface area contributed by atoms with Gasteiger partial charge in [-0.25, -0.2) is 0 Å². The van der Waals surface area contributed by atoms with Crippen LogP contribution in [-0.4, -0.2) is 36.9 Å². The van der Waals surface area contributed by atoms with Crippen molar-refractivity contribution >= 4 is 12.0 Å². The Morgan fingerprint density at radius 1 is 1.15 bits per heavy atom. The number of nitrogens with zero attached hydrogens (tertiary/aromatic N) is 1. The molecule has 0 atom stereocenters. The molecule has 1 fully saturated rings. The molecule has 1 saturated heterocycles. The van der Waals surface area contributed by atoms with E-state index in [0.29, 0.717) is 25.5 Å². The Kier molecular flexibility index (Phi) is 4.93. The summed E-state index contributed by atoms with van der Waals surface area (Å²) in [5.74, 6) is 2.18. The molecule has 0 aliphatic carbocycles. The van der Waals surface area contributed by atoms with Crippen molar-refractivity contribution < 1.29 is 23.4 Å². The second kappa shape index (κ2) is 7.66. The molecule has 26 heavy (non-hydrogen) atoms. The third-order valence-corrected chi connectivity index (χ3v) is 4.64. The van der Waals surface area contributed by atoms with Gasteiger partial charge in [-0.1, -0.05) is 6.07 Å². The van der Waals surface area contributed by atoms with E-state index in [1.807, 2.05) is 35.2 Å². The van der Waals surface area contributed by atoms with Gasteiger partial charge in [0.2, 0.25) is 12.7 Å². The van der Waals surface area contributed by atoms with Gasteiger partial charge in [-0.05, 0) is 48.7 Å². The number of rotatable bonds is 5. The van der Waals surface area contributed by atoms with Gasteiger partial charge in [0.25, 0.3) is 0 Å². The zero-order valence-electron chi connectivity index (χ0n) is 14.4. The number of furan rings is 1. The molecule has 6 heteroatoms. The molecule has 1 aromatic carbocycles. The van der Waals surface area contributed by atoms with Crippen molar-refractivity contribution in [3.63, 3.8) is 0 Å². The molecular formula is C20H21NO5. The van der Waals surface area contributed by atoms with E-state index >= 15 is 0 Å². The molecule has 2 aromatic rings. The second-order valence-corrected chi connectivity index (χ2v) is 6.34. The summed E-state index contributed by atoms with van der Waals surface area (Å²) in [6, 6.07) is 9.51. The van der Waals surface area contributed by atoms with Crippen LogP contribution < -0.4 is 9.47 Å². The van der Waals surface area contributed by atoms with Gasteiger partial charge in [0.05, 0.1) is 12.8 Å². The summed E-state index contributed by atoms with van der Waals surface area (Å²) >= 11 is 0. The highest BCUT2D eigenvalue weighted by molar-refractivity contribution is 5.92. The maximum atomic E-state index is 12.9. The summed E-state index contributed by atoms with van der Waals surface area (Å²) in [6.07, 6.45) is 6.72. The minimum Gasteiger partial charge on any atom is -0.467 e. The van der Waals surface area contributed by atoms with Crippen LogP contribution in [0, 0.1) is 0 Å². The number of ether oxygens (including phenoxy) is 3. The first-order chi connectivity index (χ1) is 12.8. The molecule has 2 aliphatic heterocycles. The third kappa shape index (κ3) is 3.75. The Morgan fingerprint density at radius 3 is 2.81 bits per heavy atom. The highest BCUT2D eigenvalue weighted by Crippen LogP contribution is 2.32. The first-order valence-corrected chi connectivity index (χ1v) is 8.78. The second-order valence-electron chi connectivity index (χ2n) is 6.34.